The summed E-state index contributed by atoms with van der Waals surface area (Å²) in [6.45, 7) is 10.3. The lowest BCUT2D eigenvalue weighted by Crippen LogP contribution is -2.47. The number of allylic oxidation sites excluding steroid dienone is 3. The Morgan fingerprint density at radius 2 is 1.81 bits per heavy atom. The number of hydrogen-bond donors (Lipinski definition) is 0. The summed E-state index contributed by atoms with van der Waals surface area (Å²) < 4.78 is 7.77. The van der Waals surface area contributed by atoms with Gasteiger partial charge in [0.15, 0.2) is 0 Å². The van der Waals surface area contributed by atoms with Crippen LogP contribution in [0.15, 0.2) is 36.2 Å². The van der Waals surface area contributed by atoms with Crippen LogP contribution in [0, 0.1) is 5.41 Å². The van der Waals surface area contributed by atoms with Gasteiger partial charge in [-0.3, -0.25) is 4.79 Å². The van der Waals surface area contributed by atoms with E-state index in [0.717, 1.165) is 64.5 Å². The van der Waals surface area contributed by atoms with Crippen molar-refractivity contribution < 1.29 is 9.53 Å². The van der Waals surface area contributed by atoms with Crippen LogP contribution in [-0.2, 0) is 21.5 Å². The topological polar surface area (TPSA) is 50.6 Å². The Kier molecular flexibility index (Phi) is 5.29. The summed E-state index contributed by atoms with van der Waals surface area (Å²) in [5.41, 5.74) is 1.85. The zero-order valence-electron chi connectivity index (χ0n) is 18.8. The fourth-order valence-electron chi connectivity index (χ4n) is 5.35. The third-order valence-corrected chi connectivity index (χ3v) is 7.42. The Labute approximate surface area is 185 Å². The number of imidazole rings is 1. The predicted octanol–water partition coefficient (Wildman–Crippen LogP) is 3.36. The summed E-state index contributed by atoms with van der Waals surface area (Å²) >= 11 is 0. The molecule has 4 aliphatic rings. The van der Waals surface area contributed by atoms with Gasteiger partial charge in [-0.2, -0.15) is 0 Å². The number of carbonyl (C=O) groups is 1. The second kappa shape index (κ2) is 7.97. The van der Waals surface area contributed by atoms with Gasteiger partial charge in [0.1, 0.15) is 5.82 Å². The van der Waals surface area contributed by atoms with Gasteiger partial charge >= 0.3 is 0 Å². The van der Waals surface area contributed by atoms with Crippen molar-refractivity contribution in [3.8, 4) is 0 Å². The highest BCUT2D eigenvalue weighted by molar-refractivity contribution is 5.86. The molecule has 1 aromatic rings. The Hall–Kier alpha value is -2.34. The fourth-order valence-corrected chi connectivity index (χ4v) is 5.35. The maximum Gasteiger partial charge on any atom is 0.234 e. The molecule has 2 fully saturated rings. The van der Waals surface area contributed by atoms with Crippen LogP contribution >= 0.6 is 0 Å². The van der Waals surface area contributed by atoms with E-state index in [1.807, 2.05) is 12.3 Å². The zero-order valence-corrected chi connectivity index (χ0v) is 18.8. The van der Waals surface area contributed by atoms with Gasteiger partial charge < -0.3 is 19.1 Å². The summed E-state index contributed by atoms with van der Waals surface area (Å²) in [5.74, 6) is 1.21. The van der Waals surface area contributed by atoms with E-state index in [1.165, 1.54) is 17.8 Å². The number of ether oxygens (including phenoxy) is 1. The van der Waals surface area contributed by atoms with E-state index in [2.05, 4.69) is 52.5 Å². The summed E-state index contributed by atoms with van der Waals surface area (Å²) in [4.78, 5) is 22.6. The molecule has 31 heavy (non-hydrogen) atoms. The van der Waals surface area contributed by atoms with E-state index in [0.29, 0.717) is 6.54 Å². The lowest BCUT2D eigenvalue weighted by Gasteiger charge is -2.39. The Morgan fingerprint density at radius 3 is 2.52 bits per heavy atom. The number of morpholine rings is 1. The van der Waals surface area contributed by atoms with E-state index in [4.69, 9.17) is 9.72 Å². The molecule has 6 heteroatoms. The first-order valence-electron chi connectivity index (χ1n) is 11.8. The van der Waals surface area contributed by atoms with E-state index in [-0.39, 0.29) is 11.3 Å². The highest BCUT2D eigenvalue weighted by Gasteiger charge is 2.40. The predicted molar refractivity (Wildman–Crippen MR) is 121 cm³/mol. The second-order valence-corrected chi connectivity index (χ2v) is 9.87. The molecule has 0 radical (unpaired) electrons. The first-order chi connectivity index (χ1) is 15.0. The number of nitrogens with zero attached hydrogens (tertiary/aromatic N) is 4. The molecule has 6 nitrogen and oxygen atoms in total. The van der Waals surface area contributed by atoms with Crippen molar-refractivity contribution >= 4 is 12.0 Å². The molecule has 0 bridgehead atoms. The molecule has 3 aliphatic heterocycles. The highest BCUT2D eigenvalue weighted by Crippen LogP contribution is 2.39. The van der Waals surface area contributed by atoms with Gasteiger partial charge in [-0.1, -0.05) is 25.2 Å². The molecule has 0 aromatic carbocycles. The number of hydrogen-bond acceptors (Lipinski definition) is 4. The second-order valence-electron chi connectivity index (χ2n) is 9.87. The average molecular weight is 423 g/mol. The molecule has 2 saturated heterocycles. The SMILES string of the molecule is CC1(C(=O)N2CCCCC2)C=Cc2ncc(C3(C)C=CC(N4CCOCC4)=CC3)n2C1. The minimum atomic E-state index is -0.511. The summed E-state index contributed by atoms with van der Waals surface area (Å²) in [7, 11) is 0. The molecule has 0 saturated carbocycles. The minimum absolute atomic E-state index is 0.124. The lowest BCUT2D eigenvalue weighted by molar-refractivity contribution is -0.140. The van der Waals surface area contributed by atoms with Crippen molar-refractivity contribution in [3.63, 3.8) is 0 Å². The largest absolute Gasteiger partial charge is 0.378 e. The van der Waals surface area contributed by atoms with Crippen molar-refractivity contribution in [2.75, 3.05) is 39.4 Å². The van der Waals surface area contributed by atoms with Gasteiger partial charge in [-0.25, -0.2) is 4.98 Å². The monoisotopic (exact) mass is 422 g/mol. The van der Waals surface area contributed by atoms with E-state index >= 15 is 0 Å². The molecule has 2 unspecified atom stereocenters. The lowest BCUT2D eigenvalue weighted by atomic mass is 9.79. The number of rotatable bonds is 3. The number of piperidine rings is 1. The summed E-state index contributed by atoms with van der Waals surface area (Å²) in [5, 5.41) is 0. The Bertz CT molecular complexity index is 933. The average Bonchev–Trinajstić information content (AvgIpc) is 3.24. The first-order valence-corrected chi connectivity index (χ1v) is 11.8. The maximum absolute atomic E-state index is 13.4. The number of fused-ring (bicyclic) bond motifs is 1. The molecule has 1 amide bonds. The van der Waals surface area contributed by atoms with Gasteiger partial charge in [0.05, 0.1) is 18.6 Å². The van der Waals surface area contributed by atoms with E-state index in [9.17, 15) is 4.79 Å². The van der Waals surface area contributed by atoms with Gasteiger partial charge in [0, 0.05) is 55.7 Å². The zero-order chi connectivity index (χ0) is 21.5. The van der Waals surface area contributed by atoms with Crippen molar-refractivity contribution in [1.82, 2.24) is 19.4 Å². The molecule has 5 rings (SSSR count). The quantitative estimate of drug-likeness (QED) is 0.750. The molecule has 1 aromatic heterocycles. The van der Waals surface area contributed by atoms with Crippen LogP contribution in [0.3, 0.4) is 0 Å². The van der Waals surface area contributed by atoms with Gasteiger partial charge in [0.2, 0.25) is 5.91 Å². The highest BCUT2D eigenvalue weighted by atomic mass is 16.5. The molecular formula is C25H34N4O2. The summed E-state index contributed by atoms with van der Waals surface area (Å²) in [6.07, 6.45) is 17.5. The molecule has 2 atom stereocenters. The molecular weight excluding hydrogens is 388 g/mol. The van der Waals surface area contributed by atoms with Crippen molar-refractivity contribution in [2.24, 2.45) is 5.41 Å². The van der Waals surface area contributed by atoms with Gasteiger partial charge in [0.25, 0.3) is 0 Å². The van der Waals surface area contributed by atoms with Crippen molar-refractivity contribution in [2.45, 2.75) is 51.5 Å². The van der Waals surface area contributed by atoms with Crippen LogP contribution in [0.2, 0.25) is 0 Å². The molecule has 0 spiro atoms. The van der Waals surface area contributed by atoms with Gasteiger partial charge in [-0.15, -0.1) is 0 Å². The van der Waals surface area contributed by atoms with Crippen LogP contribution in [0.5, 0.6) is 0 Å². The molecule has 166 valence electrons. The Balaban J connectivity index is 1.36. The van der Waals surface area contributed by atoms with Crippen LogP contribution < -0.4 is 0 Å². The van der Waals surface area contributed by atoms with Crippen LogP contribution in [0.1, 0.15) is 51.0 Å². The summed E-state index contributed by atoms with van der Waals surface area (Å²) in [6, 6.07) is 0. The fraction of sp³-hybridized carbons (Fsp3) is 0.600. The van der Waals surface area contributed by atoms with Gasteiger partial charge in [-0.05, 0) is 44.8 Å². The van der Waals surface area contributed by atoms with Crippen LogP contribution in [0.4, 0.5) is 0 Å². The van der Waals surface area contributed by atoms with Crippen LogP contribution in [-0.4, -0.2) is 64.7 Å². The van der Waals surface area contributed by atoms with Crippen molar-refractivity contribution in [1.29, 1.82) is 0 Å². The number of aromatic nitrogens is 2. The third kappa shape index (κ3) is 3.75. The maximum atomic E-state index is 13.4. The smallest absolute Gasteiger partial charge is 0.234 e. The van der Waals surface area contributed by atoms with E-state index < -0.39 is 5.41 Å². The Morgan fingerprint density at radius 1 is 1.03 bits per heavy atom. The number of amides is 1. The standard InChI is InChI=1S/C25H34N4O2/c1-24(9-6-20(7-10-24)27-14-16-31-17-15-27)21-18-26-22-8-11-25(2,19-29(21)22)23(30)28-12-4-3-5-13-28/h6-9,11,18H,3-5,10,12-17,19H2,1-2H3. The molecule has 0 N–H and O–H groups in total. The third-order valence-electron chi connectivity index (χ3n) is 7.42. The first kappa shape index (κ1) is 20.6. The minimum Gasteiger partial charge on any atom is -0.378 e. The van der Waals surface area contributed by atoms with Crippen molar-refractivity contribution in [3.05, 3.63) is 47.7 Å². The van der Waals surface area contributed by atoms with E-state index in [1.54, 1.807) is 0 Å². The molecule has 1 aliphatic carbocycles. The molecule has 4 heterocycles. The van der Waals surface area contributed by atoms with Crippen LogP contribution in [0.25, 0.3) is 6.08 Å². The number of carbonyl (C=O) groups excluding carboxylic acids is 1. The normalized spacial score (nSPS) is 30.8. The number of likely N-dealkylation sites (tertiary alicyclic amines) is 1.